The molecule has 1 atom stereocenters. The van der Waals surface area contributed by atoms with Crippen molar-refractivity contribution in [3.63, 3.8) is 0 Å². The van der Waals surface area contributed by atoms with Gasteiger partial charge >= 0.3 is 6.09 Å². The Kier molecular flexibility index (Phi) is 5.89. The Bertz CT molecular complexity index is 901. The van der Waals surface area contributed by atoms with Gasteiger partial charge in [-0.15, -0.1) is 0 Å². The standard InChI is InChI=1S/C22H26N2O4S/c1-14-15(17-8-7-12-23(17)21(27)28-22(2,3)4)9-10-16-18(14)20(26)24(19(16)25)11-5-6-13-29/h5-6,9-10,13,17H,7-8,11-12H2,1-4H3. The number of likely N-dealkylation sites (tertiary alicyclic amines) is 1. The number of nitrogens with zero attached hydrogens (tertiary/aromatic N) is 2. The first kappa shape index (κ1) is 21.2. The quantitative estimate of drug-likeness (QED) is 0.419. The summed E-state index contributed by atoms with van der Waals surface area (Å²) in [7, 11) is 0. The van der Waals surface area contributed by atoms with Gasteiger partial charge in [0.25, 0.3) is 11.8 Å². The molecule has 1 saturated heterocycles. The lowest BCUT2D eigenvalue weighted by Crippen LogP contribution is -2.36. The molecule has 0 aromatic heterocycles. The average molecular weight is 415 g/mol. The van der Waals surface area contributed by atoms with Gasteiger partial charge in [0, 0.05) is 18.5 Å². The molecule has 0 spiro atoms. The van der Waals surface area contributed by atoms with Gasteiger partial charge in [-0.2, -0.15) is 0 Å². The molecule has 0 aliphatic carbocycles. The smallest absolute Gasteiger partial charge is 0.410 e. The molecule has 154 valence electrons. The van der Waals surface area contributed by atoms with Gasteiger partial charge in [-0.05, 0) is 57.7 Å². The number of benzene rings is 1. The second-order valence-electron chi connectivity index (χ2n) is 8.32. The molecule has 0 radical (unpaired) electrons. The maximum atomic E-state index is 12.9. The minimum Gasteiger partial charge on any atom is -0.444 e. The summed E-state index contributed by atoms with van der Waals surface area (Å²) in [5.41, 5.74) is 1.91. The highest BCUT2D eigenvalue weighted by atomic mass is 32.1. The fourth-order valence-corrected chi connectivity index (χ4v) is 4.04. The van der Waals surface area contributed by atoms with Crippen LogP contribution in [0.15, 0.2) is 24.3 Å². The van der Waals surface area contributed by atoms with Crippen LogP contribution < -0.4 is 0 Å². The topological polar surface area (TPSA) is 66.9 Å². The van der Waals surface area contributed by atoms with E-state index in [4.69, 9.17) is 17.0 Å². The molecule has 2 aliphatic rings. The van der Waals surface area contributed by atoms with Crippen molar-refractivity contribution >= 4 is 35.5 Å². The van der Waals surface area contributed by atoms with Gasteiger partial charge in [0.05, 0.1) is 17.2 Å². The minimum absolute atomic E-state index is 0.165. The van der Waals surface area contributed by atoms with E-state index in [1.807, 2.05) is 33.8 Å². The molecular formula is C22H26N2O4S. The van der Waals surface area contributed by atoms with Crippen LogP contribution in [0, 0.1) is 6.92 Å². The maximum Gasteiger partial charge on any atom is 0.410 e. The third-order valence-electron chi connectivity index (χ3n) is 5.18. The Labute approximate surface area is 176 Å². The van der Waals surface area contributed by atoms with Crippen LogP contribution in [-0.2, 0) is 4.74 Å². The first-order valence-corrected chi connectivity index (χ1v) is 10.2. The van der Waals surface area contributed by atoms with Crippen LogP contribution in [0.2, 0.25) is 0 Å². The zero-order chi connectivity index (χ0) is 21.3. The predicted molar refractivity (Wildman–Crippen MR) is 114 cm³/mol. The van der Waals surface area contributed by atoms with Crippen molar-refractivity contribution in [2.75, 3.05) is 13.1 Å². The highest BCUT2D eigenvalue weighted by Crippen LogP contribution is 2.38. The van der Waals surface area contributed by atoms with Crippen molar-refractivity contribution in [1.29, 1.82) is 0 Å². The van der Waals surface area contributed by atoms with Crippen molar-refractivity contribution in [2.45, 2.75) is 52.2 Å². The number of imide groups is 1. The molecule has 7 heteroatoms. The SMILES string of the molecule is Cc1c(C2CCCN2C(=O)OC(C)(C)C)ccc2c1C(=O)N(CC=CC=S)C2=O. The van der Waals surface area contributed by atoms with E-state index in [0.29, 0.717) is 17.7 Å². The van der Waals surface area contributed by atoms with Crippen LogP contribution in [0.1, 0.15) is 71.5 Å². The molecule has 2 aliphatic heterocycles. The van der Waals surface area contributed by atoms with Gasteiger partial charge in [0.15, 0.2) is 0 Å². The van der Waals surface area contributed by atoms with Crippen LogP contribution >= 0.6 is 12.2 Å². The number of hydrogen-bond donors (Lipinski definition) is 0. The molecule has 2 heterocycles. The monoisotopic (exact) mass is 414 g/mol. The third-order valence-corrected chi connectivity index (χ3v) is 5.34. The van der Waals surface area contributed by atoms with Gasteiger partial charge in [-0.1, -0.05) is 30.4 Å². The zero-order valence-corrected chi connectivity index (χ0v) is 18.0. The summed E-state index contributed by atoms with van der Waals surface area (Å²) in [6.07, 6.45) is 4.62. The highest BCUT2D eigenvalue weighted by molar-refractivity contribution is 7.79. The molecule has 6 nitrogen and oxygen atoms in total. The fraction of sp³-hybridized carbons (Fsp3) is 0.455. The Balaban J connectivity index is 1.91. The van der Waals surface area contributed by atoms with E-state index in [0.717, 1.165) is 24.0 Å². The number of carbonyl (C=O) groups is 3. The van der Waals surface area contributed by atoms with Crippen molar-refractivity contribution in [1.82, 2.24) is 9.80 Å². The molecular weight excluding hydrogens is 388 g/mol. The van der Waals surface area contributed by atoms with E-state index in [2.05, 4.69) is 0 Å². The number of rotatable bonds is 4. The van der Waals surface area contributed by atoms with E-state index in [9.17, 15) is 14.4 Å². The molecule has 1 aromatic rings. The van der Waals surface area contributed by atoms with E-state index < -0.39 is 5.60 Å². The second kappa shape index (κ2) is 8.06. The average Bonchev–Trinajstić information content (AvgIpc) is 3.20. The maximum absolute atomic E-state index is 12.9. The van der Waals surface area contributed by atoms with Crippen LogP contribution in [0.25, 0.3) is 0 Å². The fourth-order valence-electron chi connectivity index (χ4n) is 3.93. The van der Waals surface area contributed by atoms with Gasteiger partial charge in [0.1, 0.15) is 5.60 Å². The van der Waals surface area contributed by atoms with E-state index >= 15 is 0 Å². The molecule has 29 heavy (non-hydrogen) atoms. The van der Waals surface area contributed by atoms with Gasteiger partial charge in [0.2, 0.25) is 0 Å². The first-order chi connectivity index (χ1) is 13.7. The number of thiocarbonyl (C=S) groups is 1. The molecule has 0 bridgehead atoms. The number of amides is 3. The third kappa shape index (κ3) is 4.10. The van der Waals surface area contributed by atoms with Crippen LogP contribution in [0.4, 0.5) is 4.79 Å². The normalized spacial score (nSPS) is 19.2. The van der Waals surface area contributed by atoms with Crippen molar-refractivity contribution in [2.24, 2.45) is 0 Å². The Morgan fingerprint density at radius 3 is 2.66 bits per heavy atom. The van der Waals surface area contributed by atoms with Gasteiger partial charge in [-0.3, -0.25) is 14.5 Å². The molecule has 3 rings (SSSR count). The van der Waals surface area contributed by atoms with Crippen LogP contribution in [0.3, 0.4) is 0 Å². The molecule has 1 unspecified atom stereocenters. The highest BCUT2D eigenvalue weighted by Gasteiger charge is 2.39. The lowest BCUT2D eigenvalue weighted by molar-refractivity contribution is 0.0224. The van der Waals surface area contributed by atoms with E-state index in [1.54, 1.807) is 23.1 Å². The summed E-state index contributed by atoms with van der Waals surface area (Å²) >= 11 is 4.74. The molecule has 0 saturated carbocycles. The summed E-state index contributed by atoms with van der Waals surface area (Å²) in [6, 6.07) is 3.40. The molecule has 1 aromatic carbocycles. The summed E-state index contributed by atoms with van der Waals surface area (Å²) in [6.45, 7) is 8.16. The first-order valence-electron chi connectivity index (χ1n) is 9.75. The summed E-state index contributed by atoms with van der Waals surface area (Å²) in [5.74, 6) is -0.607. The lowest BCUT2D eigenvalue weighted by atomic mass is 9.93. The van der Waals surface area contributed by atoms with Crippen LogP contribution in [0.5, 0.6) is 0 Å². The molecule has 3 amide bonds. The zero-order valence-electron chi connectivity index (χ0n) is 17.2. The largest absolute Gasteiger partial charge is 0.444 e. The predicted octanol–water partition coefficient (Wildman–Crippen LogP) is 4.22. The van der Waals surface area contributed by atoms with Gasteiger partial charge in [-0.25, -0.2) is 4.79 Å². The molecule has 1 fully saturated rings. The number of allylic oxidation sites excluding steroid dienone is 1. The number of hydrogen-bond acceptors (Lipinski definition) is 5. The van der Waals surface area contributed by atoms with E-state index in [-0.39, 0.29) is 30.5 Å². The summed E-state index contributed by atoms with van der Waals surface area (Å²) in [4.78, 5) is 41.2. The molecule has 0 N–H and O–H groups in total. The van der Waals surface area contributed by atoms with E-state index in [1.165, 1.54) is 10.3 Å². The van der Waals surface area contributed by atoms with Crippen molar-refractivity contribution < 1.29 is 19.1 Å². The van der Waals surface area contributed by atoms with Gasteiger partial charge < -0.3 is 9.64 Å². The lowest BCUT2D eigenvalue weighted by Gasteiger charge is -2.29. The summed E-state index contributed by atoms with van der Waals surface area (Å²) in [5, 5.41) is 1.44. The minimum atomic E-state index is -0.573. The van der Waals surface area contributed by atoms with Crippen LogP contribution in [-0.4, -0.2) is 51.8 Å². The number of fused-ring (bicyclic) bond motifs is 1. The Morgan fingerprint density at radius 1 is 1.28 bits per heavy atom. The number of ether oxygens (including phenoxy) is 1. The Hall–Kier alpha value is -2.54. The summed E-state index contributed by atoms with van der Waals surface area (Å²) < 4.78 is 5.55. The van der Waals surface area contributed by atoms with Crippen molar-refractivity contribution in [3.05, 3.63) is 46.5 Å². The number of carbonyl (C=O) groups excluding carboxylic acids is 3. The second-order valence-corrected chi connectivity index (χ2v) is 8.59. The Morgan fingerprint density at radius 2 is 2.00 bits per heavy atom. The van der Waals surface area contributed by atoms with Crippen molar-refractivity contribution in [3.8, 4) is 0 Å².